The van der Waals surface area contributed by atoms with Gasteiger partial charge in [0.05, 0.1) is 6.54 Å². The highest BCUT2D eigenvalue weighted by Crippen LogP contribution is 2.20. The van der Waals surface area contributed by atoms with Crippen molar-refractivity contribution in [2.75, 3.05) is 17.6 Å². The summed E-state index contributed by atoms with van der Waals surface area (Å²) in [5.41, 5.74) is 5.35. The Bertz CT molecular complexity index is 353. The molecule has 1 aromatic heterocycles. The summed E-state index contributed by atoms with van der Waals surface area (Å²) in [4.78, 5) is 7.36. The first kappa shape index (κ1) is 13.0. The van der Waals surface area contributed by atoms with Crippen LogP contribution in [0.4, 0.5) is 24.9 Å². The largest absolute Gasteiger partial charge is 0.416 e. The highest BCUT2D eigenvalue weighted by Gasteiger charge is 2.37. The van der Waals surface area contributed by atoms with Crippen molar-refractivity contribution >= 4 is 27.7 Å². The zero-order valence-electron chi connectivity index (χ0n) is 7.79. The lowest BCUT2D eigenvalue weighted by atomic mass is 10.3. The molecule has 1 unspecified atom stereocenters. The number of nitrogens with two attached hydrogens (primary N) is 1. The van der Waals surface area contributed by atoms with Gasteiger partial charge in [-0.15, -0.1) is 0 Å². The number of halogens is 4. The van der Waals surface area contributed by atoms with E-state index in [4.69, 9.17) is 10.8 Å². The van der Waals surface area contributed by atoms with E-state index < -0.39 is 18.8 Å². The standard InChI is InChI=1S/C7H8BrF3N4O/c8-4-1-5(12)15-6(14-4)13-2-3(16)7(9,10)11/h1,3,16H,2H2,(H3,12,13,14,15). The average Bonchev–Trinajstić information content (AvgIpc) is 2.11. The van der Waals surface area contributed by atoms with Gasteiger partial charge >= 0.3 is 6.18 Å². The summed E-state index contributed by atoms with van der Waals surface area (Å²) in [6.45, 7) is -0.737. The second-order valence-corrected chi connectivity index (χ2v) is 3.69. The Morgan fingerprint density at radius 1 is 1.50 bits per heavy atom. The Kier molecular flexibility index (Phi) is 3.92. The molecule has 90 valence electrons. The fourth-order valence-electron chi connectivity index (χ4n) is 0.818. The minimum atomic E-state index is -4.68. The number of rotatable bonds is 3. The number of nitrogens with zero attached hydrogens (tertiary/aromatic N) is 2. The molecule has 0 aliphatic heterocycles. The van der Waals surface area contributed by atoms with Crippen molar-refractivity contribution in [3.8, 4) is 0 Å². The first-order valence-electron chi connectivity index (χ1n) is 4.08. The maximum absolute atomic E-state index is 11.9. The van der Waals surface area contributed by atoms with E-state index in [1.54, 1.807) is 0 Å². The molecule has 1 heterocycles. The third-order valence-electron chi connectivity index (χ3n) is 1.55. The van der Waals surface area contributed by atoms with Gasteiger partial charge in [0.25, 0.3) is 0 Å². The van der Waals surface area contributed by atoms with Crippen LogP contribution in [-0.4, -0.2) is 33.9 Å². The lowest BCUT2D eigenvalue weighted by Crippen LogP contribution is -2.35. The SMILES string of the molecule is Nc1cc(Br)nc(NCC(O)C(F)(F)F)n1. The Hall–Kier alpha value is -1.09. The van der Waals surface area contributed by atoms with Gasteiger partial charge in [-0.25, -0.2) is 4.98 Å². The summed E-state index contributed by atoms with van der Waals surface area (Å²) in [5, 5.41) is 10.9. The molecule has 0 fully saturated rings. The van der Waals surface area contributed by atoms with E-state index in [2.05, 4.69) is 31.2 Å². The monoisotopic (exact) mass is 300 g/mol. The molecule has 1 aromatic rings. The molecule has 0 saturated carbocycles. The summed E-state index contributed by atoms with van der Waals surface area (Å²) >= 11 is 3.00. The predicted octanol–water partition coefficient (Wildman–Crippen LogP) is 1.16. The van der Waals surface area contributed by atoms with Gasteiger partial charge in [0.1, 0.15) is 10.4 Å². The molecule has 0 bridgehead atoms. The molecule has 5 nitrogen and oxygen atoms in total. The number of aliphatic hydroxyl groups excluding tert-OH is 1. The van der Waals surface area contributed by atoms with Crippen LogP contribution in [0.25, 0.3) is 0 Å². The van der Waals surface area contributed by atoms with Crippen LogP contribution < -0.4 is 11.1 Å². The van der Waals surface area contributed by atoms with E-state index in [1.165, 1.54) is 6.07 Å². The molecule has 16 heavy (non-hydrogen) atoms. The lowest BCUT2D eigenvalue weighted by Gasteiger charge is -2.14. The average molecular weight is 301 g/mol. The van der Waals surface area contributed by atoms with Crippen LogP contribution in [0.1, 0.15) is 0 Å². The van der Waals surface area contributed by atoms with Crippen molar-refractivity contribution < 1.29 is 18.3 Å². The second kappa shape index (κ2) is 4.83. The van der Waals surface area contributed by atoms with E-state index in [1.807, 2.05) is 0 Å². The minimum Gasteiger partial charge on any atom is -0.383 e. The van der Waals surface area contributed by atoms with Crippen molar-refractivity contribution in [3.05, 3.63) is 10.7 Å². The summed E-state index contributed by atoms with van der Waals surface area (Å²) in [6.07, 6.45) is -7.15. The fourth-order valence-corrected chi connectivity index (χ4v) is 1.22. The van der Waals surface area contributed by atoms with Gasteiger partial charge in [0.15, 0.2) is 6.10 Å². The molecule has 0 aliphatic rings. The highest BCUT2D eigenvalue weighted by molar-refractivity contribution is 9.10. The number of anilines is 2. The molecular weight excluding hydrogens is 293 g/mol. The number of nitrogen functional groups attached to an aromatic ring is 1. The fraction of sp³-hybridized carbons (Fsp3) is 0.429. The number of aromatic nitrogens is 2. The predicted molar refractivity (Wildman–Crippen MR) is 54.7 cm³/mol. The summed E-state index contributed by atoms with van der Waals surface area (Å²) < 4.78 is 36.2. The van der Waals surface area contributed by atoms with Crippen molar-refractivity contribution in [1.29, 1.82) is 0 Å². The van der Waals surface area contributed by atoms with Crippen molar-refractivity contribution in [1.82, 2.24) is 9.97 Å². The van der Waals surface area contributed by atoms with Crippen LogP contribution in [0, 0.1) is 0 Å². The highest BCUT2D eigenvalue weighted by atomic mass is 79.9. The molecule has 4 N–H and O–H groups in total. The third kappa shape index (κ3) is 3.81. The lowest BCUT2D eigenvalue weighted by molar-refractivity contribution is -0.198. The molecule has 0 aliphatic carbocycles. The van der Waals surface area contributed by atoms with Gasteiger partial charge in [-0.1, -0.05) is 0 Å². The van der Waals surface area contributed by atoms with E-state index >= 15 is 0 Å². The van der Waals surface area contributed by atoms with Crippen molar-refractivity contribution in [2.24, 2.45) is 0 Å². The van der Waals surface area contributed by atoms with Gasteiger partial charge in [-0.2, -0.15) is 18.2 Å². The van der Waals surface area contributed by atoms with E-state index in [0.717, 1.165) is 0 Å². The minimum absolute atomic E-state index is 0.0878. The van der Waals surface area contributed by atoms with E-state index in [0.29, 0.717) is 4.60 Å². The number of nitrogens with one attached hydrogen (secondary N) is 1. The molecular formula is C7H8BrF3N4O. The molecule has 0 radical (unpaired) electrons. The first-order valence-corrected chi connectivity index (χ1v) is 4.87. The van der Waals surface area contributed by atoms with Crippen molar-refractivity contribution in [2.45, 2.75) is 12.3 Å². The normalized spacial score (nSPS) is 13.6. The molecule has 0 aromatic carbocycles. The van der Waals surface area contributed by atoms with Crippen LogP contribution in [0.5, 0.6) is 0 Å². The molecule has 9 heteroatoms. The molecule has 1 atom stereocenters. The van der Waals surface area contributed by atoms with Crippen LogP contribution in [0.15, 0.2) is 10.7 Å². The molecule has 0 amide bonds. The Morgan fingerprint density at radius 2 is 2.12 bits per heavy atom. The number of aliphatic hydroxyl groups is 1. The Balaban J connectivity index is 2.61. The summed E-state index contributed by atoms with van der Waals surface area (Å²) in [7, 11) is 0. The van der Waals surface area contributed by atoms with Crippen LogP contribution >= 0.6 is 15.9 Å². The van der Waals surface area contributed by atoms with E-state index in [-0.39, 0.29) is 11.8 Å². The number of hydrogen-bond acceptors (Lipinski definition) is 5. The van der Waals surface area contributed by atoms with Gasteiger partial charge < -0.3 is 16.2 Å². The van der Waals surface area contributed by atoms with Crippen LogP contribution in [-0.2, 0) is 0 Å². The number of hydrogen-bond donors (Lipinski definition) is 3. The van der Waals surface area contributed by atoms with Gasteiger partial charge in [0.2, 0.25) is 5.95 Å². The van der Waals surface area contributed by atoms with E-state index in [9.17, 15) is 13.2 Å². The van der Waals surface area contributed by atoms with Gasteiger partial charge in [-0.05, 0) is 15.9 Å². The topological polar surface area (TPSA) is 84.1 Å². The smallest absolute Gasteiger partial charge is 0.383 e. The number of alkyl halides is 3. The maximum atomic E-state index is 11.9. The summed E-state index contributed by atoms with van der Waals surface area (Å²) in [6, 6.07) is 1.39. The molecule has 0 spiro atoms. The van der Waals surface area contributed by atoms with Crippen LogP contribution in [0.3, 0.4) is 0 Å². The van der Waals surface area contributed by atoms with Gasteiger partial charge in [-0.3, -0.25) is 0 Å². The molecule has 0 saturated heterocycles. The summed E-state index contributed by atoms with van der Waals surface area (Å²) in [5.74, 6) is 0.0149. The maximum Gasteiger partial charge on any atom is 0.416 e. The molecule has 1 rings (SSSR count). The Morgan fingerprint density at radius 3 is 2.62 bits per heavy atom. The van der Waals surface area contributed by atoms with Gasteiger partial charge in [0, 0.05) is 6.07 Å². The quantitative estimate of drug-likeness (QED) is 0.730. The van der Waals surface area contributed by atoms with Crippen molar-refractivity contribution in [3.63, 3.8) is 0 Å². The van der Waals surface area contributed by atoms with Crippen LogP contribution in [0.2, 0.25) is 0 Å². The second-order valence-electron chi connectivity index (χ2n) is 2.88. The zero-order chi connectivity index (χ0) is 12.3. The zero-order valence-corrected chi connectivity index (χ0v) is 9.38. The third-order valence-corrected chi connectivity index (χ3v) is 1.95. The Labute approximate surface area is 97.0 Å². The first-order chi connectivity index (χ1) is 7.29.